The molecule has 0 bridgehead atoms. The maximum Gasteiger partial charge on any atom is 0.0538 e. The molecule has 0 saturated heterocycles. The average molecular weight is 241 g/mol. The summed E-state index contributed by atoms with van der Waals surface area (Å²) in [6.45, 7) is 4.23. The lowest BCUT2D eigenvalue weighted by atomic mass is 9.83. The van der Waals surface area contributed by atoms with Gasteiger partial charge in [-0.3, -0.25) is 0 Å². The largest absolute Gasteiger partial charge is 0.320 e. The molecule has 16 heavy (non-hydrogen) atoms. The Morgan fingerprint density at radius 2 is 1.81 bits per heavy atom. The Hall–Kier alpha value is -0.570. The highest BCUT2D eigenvalue weighted by Crippen LogP contribution is 2.27. The molecule has 1 rings (SSSR count). The number of likely N-dealkylation sites (N-methyl/N-ethyl adjacent to an activating group) is 1. The van der Waals surface area contributed by atoms with E-state index in [0.717, 1.165) is 17.0 Å². The van der Waals surface area contributed by atoms with Crippen LogP contribution in [0.3, 0.4) is 0 Å². The van der Waals surface area contributed by atoms with Gasteiger partial charge in [0, 0.05) is 11.1 Å². The van der Waals surface area contributed by atoms with Gasteiger partial charge >= 0.3 is 0 Å². The molecule has 1 aromatic carbocycles. The van der Waals surface area contributed by atoms with Gasteiger partial charge in [-0.15, -0.1) is 0 Å². The van der Waals surface area contributed by atoms with Gasteiger partial charge in [0.25, 0.3) is 0 Å². The minimum atomic E-state index is -0.358. The van der Waals surface area contributed by atoms with Crippen molar-refractivity contribution in [1.82, 2.24) is 4.90 Å². The molecular formula is C13H21ClN2. The Morgan fingerprint density at radius 1 is 1.31 bits per heavy atom. The standard InChI is InChI=1S/C13H21ClN2/c1-5-12(16(3)4)13(2,15)10-6-8-11(14)9-7-10/h6-9,12H,5,15H2,1-4H3. The van der Waals surface area contributed by atoms with Crippen LogP contribution in [0.1, 0.15) is 25.8 Å². The third-order valence-corrected chi connectivity index (χ3v) is 3.42. The van der Waals surface area contributed by atoms with Crippen LogP contribution in [0.15, 0.2) is 24.3 Å². The Bertz CT molecular complexity index is 330. The molecular weight excluding hydrogens is 220 g/mol. The van der Waals surface area contributed by atoms with E-state index in [4.69, 9.17) is 17.3 Å². The maximum atomic E-state index is 6.46. The quantitative estimate of drug-likeness (QED) is 0.877. The van der Waals surface area contributed by atoms with E-state index in [9.17, 15) is 0 Å². The van der Waals surface area contributed by atoms with Gasteiger partial charge in [0.1, 0.15) is 0 Å². The first kappa shape index (κ1) is 13.5. The van der Waals surface area contributed by atoms with Crippen molar-refractivity contribution in [2.45, 2.75) is 31.8 Å². The van der Waals surface area contributed by atoms with Gasteiger partial charge in [0.2, 0.25) is 0 Å². The summed E-state index contributed by atoms with van der Waals surface area (Å²) in [5, 5.41) is 0.748. The molecule has 3 heteroatoms. The molecule has 0 saturated carbocycles. The van der Waals surface area contributed by atoms with Crippen LogP contribution in [0, 0.1) is 0 Å². The average Bonchev–Trinajstić information content (AvgIpc) is 2.18. The van der Waals surface area contributed by atoms with Gasteiger partial charge in [0.05, 0.1) is 5.54 Å². The lowest BCUT2D eigenvalue weighted by Gasteiger charge is -2.38. The molecule has 2 unspecified atom stereocenters. The summed E-state index contributed by atoms with van der Waals surface area (Å²) in [5.74, 6) is 0. The van der Waals surface area contributed by atoms with E-state index < -0.39 is 0 Å². The molecule has 0 aliphatic heterocycles. The Kier molecular flexibility index (Phi) is 4.36. The molecule has 2 atom stereocenters. The van der Waals surface area contributed by atoms with E-state index in [1.807, 2.05) is 24.3 Å². The topological polar surface area (TPSA) is 29.3 Å². The van der Waals surface area contributed by atoms with Crippen molar-refractivity contribution < 1.29 is 0 Å². The summed E-state index contributed by atoms with van der Waals surface area (Å²) in [6.07, 6.45) is 1.02. The zero-order valence-corrected chi connectivity index (χ0v) is 11.3. The summed E-state index contributed by atoms with van der Waals surface area (Å²) in [6, 6.07) is 8.12. The van der Waals surface area contributed by atoms with Crippen LogP contribution in [0.2, 0.25) is 5.02 Å². The number of hydrogen-bond acceptors (Lipinski definition) is 2. The van der Waals surface area contributed by atoms with Gasteiger partial charge < -0.3 is 10.6 Å². The highest BCUT2D eigenvalue weighted by Gasteiger charge is 2.31. The Balaban J connectivity index is 3.03. The molecule has 90 valence electrons. The van der Waals surface area contributed by atoms with E-state index in [1.165, 1.54) is 0 Å². The molecule has 0 fully saturated rings. The zero-order valence-electron chi connectivity index (χ0n) is 10.5. The molecule has 2 nitrogen and oxygen atoms in total. The fourth-order valence-corrected chi connectivity index (χ4v) is 2.45. The molecule has 0 aromatic heterocycles. The predicted octanol–water partition coefficient (Wildman–Crippen LogP) is 2.85. The lowest BCUT2D eigenvalue weighted by Crippen LogP contribution is -2.51. The van der Waals surface area contributed by atoms with Crippen LogP contribution in [0.25, 0.3) is 0 Å². The molecule has 0 aliphatic rings. The van der Waals surface area contributed by atoms with E-state index >= 15 is 0 Å². The molecule has 0 heterocycles. The monoisotopic (exact) mass is 240 g/mol. The molecule has 2 N–H and O–H groups in total. The third kappa shape index (κ3) is 2.76. The number of halogens is 1. The van der Waals surface area contributed by atoms with Crippen molar-refractivity contribution >= 4 is 11.6 Å². The highest BCUT2D eigenvalue weighted by molar-refractivity contribution is 6.30. The van der Waals surface area contributed by atoms with E-state index in [-0.39, 0.29) is 5.54 Å². The van der Waals surface area contributed by atoms with E-state index in [2.05, 4.69) is 32.8 Å². The number of nitrogens with zero attached hydrogens (tertiary/aromatic N) is 1. The van der Waals surface area contributed by atoms with Crippen molar-refractivity contribution in [1.29, 1.82) is 0 Å². The zero-order chi connectivity index (χ0) is 12.3. The molecule has 0 spiro atoms. The molecule has 0 radical (unpaired) electrons. The Labute approximate surface area is 103 Å². The lowest BCUT2D eigenvalue weighted by molar-refractivity contribution is 0.183. The van der Waals surface area contributed by atoms with E-state index in [1.54, 1.807) is 0 Å². The maximum absolute atomic E-state index is 6.46. The van der Waals surface area contributed by atoms with Gasteiger partial charge in [-0.1, -0.05) is 30.7 Å². The number of benzene rings is 1. The van der Waals surface area contributed by atoms with Crippen molar-refractivity contribution in [2.24, 2.45) is 5.73 Å². The number of nitrogens with two attached hydrogens (primary N) is 1. The van der Waals surface area contributed by atoms with Crippen LogP contribution < -0.4 is 5.73 Å². The van der Waals surface area contributed by atoms with Gasteiger partial charge in [0.15, 0.2) is 0 Å². The van der Waals surface area contributed by atoms with Crippen LogP contribution in [0.5, 0.6) is 0 Å². The van der Waals surface area contributed by atoms with Crippen LogP contribution in [-0.4, -0.2) is 25.0 Å². The van der Waals surface area contributed by atoms with E-state index in [0.29, 0.717) is 6.04 Å². The smallest absolute Gasteiger partial charge is 0.0538 e. The normalized spacial score (nSPS) is 17.2. The Morgan fingerprint density at radius 3 is 2.19 bits per heavy atom. The number of rotatable bonds is 4. The van der Waals surface area contributed by atoms with Crippen LogP contribution in [-0.2, 0) is 5.54 Å². The fraction of sp³-hybridized carbons (Fsp3) is 0.538. The molecule has 0 aliphatic carbocycles. The predicted molar refractivity (Wildman–Crippen MR) is 70.8 cm³/mol. The second kappa shape index (κ2) is 5.17. The summed E-state index contributed by atoms with van der Waals surface area (Å²) in [5.41, 5.74) is 7.22. The summed E-state index contributed by atoms with van der Waals surface area (Å²) in [4.78, 5) is 2.18. The van der Waals surface area contributed by atoms with Crippen LogP contribution >= 0.6 is 11.6 Å². The minimum Gasteiger partial charge on any atom is -0.320 e. The van der Waals surface area contributed by atoms with Gasteiger partial charge in [-0.2, -0.15) is 0 Å². The highest BCUT2D eigenvalue weighted by atomic mass is 35.5. The van der Waals surface area contributed by atoms with Crippen molar-refractivity contribution in [3.63, 3.8) is 0 Å². The molecule has 0 amide bonds. The number of hydrogen-bond donors (Lipinski definition) is 1. The summed E-state index contributed by atoms with van der Waals surface area (Å²) >= 11 is 5.89. The van der Waals surface area contributed by atoms with Crippen molar-refractivity contribution in [3.05, 3.63) is 34.9 Å². The first-order valence-corrected chi connectivity index (χ1v) is 5.98. The first-order valence-electron chi connectivity index (χ1n) is 5.61. The molecule has 1 aromatic rings. The second-order valence-corrected chi connectivity index (χ2v) is 5.11. The second-order valence-electron chi connectivity index (χ2n) is 4.68. The van der Waals surface area contributed by atoms with Gasteiger partial charge in [-0.05, 0) is 45.1 Å². The fourth-order valence-electron chi connectivity index (χ4n) is 2.33. The van der Waals surface area contributed by atoms with Crippen molar-refractivity contribution in [3.8, 4) is 0 Å². The SMILES string of the molecule is CCC(N(C)C)C(C)(N)c1ccc(Cl)cc1. The van der Waals surface area contributed by atoms with Crippen molar-refractivity contribution in [2.75, 3.05) is 14.1 Å². The summed E-state index contributed by atoms with van der Waals surface area (Å²) in [7, 11) is 4.13. The third-order valence-electron chi connectivity index (χ3n) is 3.17. The van der Waals surface area contributed by atoms with Gasteiger partial charge in [-0.25, -0.2) is 0 Å². The minimum absolute atomic E-state index is 0.314. The summed E-state index contributed by atoms with van der Waals surface area (Å²) < 4.78 is 0. The first-order chi connectivity index (χ1) is 7.39. The van der Waals surface area contributed by atoms with Crippen LogP contribution in [0.4, 0.5) is 0 Å².